The van der Waals surface area contributed by atoms with Gasteiger partial charge in [0.15, 0.2) is 6.10 Å². The third-order valence-corrected chi connectivity index (χ3v) is 10.9. The molecule has 0 saturated heterocycles. The summed E-state index contributed by atoms with van der Waals surface area (Å²) in [4.78, 5) is 37.5. The second-order valence-corrected chi connectivity index (χ2v) is 16.4. The van der Waals surface area contributed by atoms with Crippen LogP contribution in [0.5, 0.6) is 0 Å². The number of ether oxygens (including phenoxy) is 3. The van der Waals surface area contributed by atoms with Crippen molar-refractivity contribution in [3.63, 3.8) is 0 Å². The molecule has 0 unspecified atom stereocenters. The van der Waals surface area contributed by atoms with E-state index in [2.05, 4.69) is 20.8 Å². The van der Waals surface area contributed by atoms with Crippen molar-refractivity contribution in [2.24, 2.45) is 0 Å². The van der Waals surface area contributed by atoms with Crippen LogP contribution in [0.15, 0.2) is 0 Å². The van der Waals surface area contributed by atoms with Gasteiger partial charge < -0.3 is 14.2 Å². The number of carbonyl (C=O) groups is 3. The van der Waals surface area contributed by atoms with Gasteiger partial charge in [-0.2, -0.15) is 0 Å². The first-order valence-electron chi connectivity index (χ1n) is 24.0. The van der Waals surface area contributed by atoms with E-state index in [4.69, 9.17) is 14.2 Å². The molecule has 0 amide bonds. The summed E-state index contributed by atoms with van der Waals surface area (Å²) in [6.45, 7) is 6.59. The summed E-state index contributed by atoms with van der Waals surface area (Å²) in [5.74, 6) is -0.862. The Balaban J connectivity index is 4.11. The molecule has 0 rings (SSSR count). The third kappa shape index (κ3) is 41.6. The molecule has 320 valence electrons. The second kappa shape index (κ2) is 44.1. The summed E-state index contributed by atoms with van der Waals surface area (Å²) in [6, 6.07) is 0. The van der Waals surface area contributed by atoms with Crippen molar-refractivity contribution in [2.45, 2.75) is 277 Å². The van der Waals surface area contributed by atoms with Crippen molar-refractivity contribution in [3.8, 4) is 0 Å². The summed E-state index contributed by atoms with van der Waals surface area (Å²) < 4.78 is 16.6. The first-order valence-corrected chi connectivity index (χ1v) is 24.0. The molecule has 0 aromatic carbocycles. The normalized spacial score (nSPS) is 11.8. The zero-order valence-corrected chi connectivity index (χ0v) is 36.5. The van der Waals surface area contributed by atoms with Crippen LogP contribution in [0.3, 0.4) is 0 Å². The Labute approximate surface area is 336 Å². The number of hydrogen-bond donors (Lipinski definition) is 0. The molecule has 0 bridgehead atoms. The van der Waals surface area contributed by atoms with Gasteiger partial charge in [0, 0.05) is 19.3 Å². The molecule has 0 aromatic heterocycles. The van der Waals surface area contributed by atoms with Crippen molar-refractivity contribution in [3.05, 3.63) is 0 Å². The van der Waals surface area contributed by atoms with Gasteiger partial charge >= 0.3 is 17.9 Å². The Morgan fingerprint density at radius 3 is 0.741 bits per heavy atom. The third-order valence-electron chi connectivity index (χ3n) is 10.9. The van der Waals surface area contributed by atoms with Gasteiger partial charge in [-0.3, -0.25) is 14.4 Å². The molecule has 0 spiro atoms. The van der Waals surface area contributed by atoms with Gasteiger partial charge in [0.25, 0.3) is 0 Å². The lowest BCUT2D eigenvalue weighted by Gasteiger charge is -2.18. The Morgan fingerprint density at radius 2 is 0.500 bits per heavy atom. The van der Waals surface area contributed by atoms with Crippen molar-refractivity contribution >= 4 is 17.9 Å². The van der Waals surface area contributed by atoms with Crippen molar-refractivity contribution in [2.75, 3.05) is 13.2 Å². The number of rotatable bonds is 44. The largest absolute Gasteiger partial charge is 0.462 e. The molecule has 54 heavy (non-hydrogen) atoms. The standard InChI is InChI=1S/C48H92O6/c1-4-7-10-13-15-17-19-21-22-23-24-25-27-28-30-32-35-38-41-47(50)53-44-45(43-52-46(49)40-37-34-12-9-6-3)54-48(51)42-39-36-33-31-29-26-20-18-16-14-11-8-5-2/h45H,4-44H2,1-3H3/t45-/m1/s1. The van der Waals surface area contributed by atoms with E-state index in [1.54, 1.807) is 0 Å². The fourth-order valence-electron chi connectivity index (χ4n) is 7.21. The topological polar surface area (TPSA) is 78.9 Å². The predicted octanol–water partition coefficient (Wildman–Crippen LogP) is 15.3. The monoisotopic (exact) mass is 765 g/mol. The molecule has 0 aliphatic carbocycles. The molecule has 0 heterocycles. The fraction of sp³-hybridized carbons (Fsp3) is 0.938. The maximum atomic E-state index is 12.7. The molecular weight excluding hydrogens is 673 g/mol. The van der Waals surface area contributed by atoms with E-state index in [1.807, 2.05) is 0 Å². The van der Waals surface area contributed by atoms with Gasteiger partial charge in [-0.25, -0.2) is 0 Å². The Hall–Kier alpha value is -1.59. The molecular formula is C48H92O6. The minimum atomic E-state index is -0.757. The van der Waals surface area contributed by atoms with Crippen molar-refractivity contribution < 1.29 is 28.6 Å². The molecule has 0 radical (unpaired) electrons. The lowest BCUT2D eigenvalue weighted by atomic mass is 10.0. The van der Waals surface area contributed by atoms with Crippen LogP contribution in [0.2, 0.25) is 0 Å². The van der Waals surface area contributed by atoms with Crippen LogP contribution >= 0.6 is 0 Å². The summed E-state index contributed by atoms with van der Waals surface area (Å²) in [5, 5.41) is 0. The molecule has 0 aromatic rings. The van der Waals surface area contributed by atoms with Gasteiger partial charge in [-0.1, -0.05) is 233 Å². The number of carbonyl (C=O) groups excluding carboxylic acids is 3. The average molecular weight is 765 g/mol. The van der Waals surface area contributed by atoms with Crippen LogP contribution in [0.25, 0.3) is 0 Å². The fourth-order valence-corrected chi connectivity index (χ4v) is 7.21. The second-order valence-electron chi connectivity index (χ2n) is 16.4. The molecule has 6 heteroatoms. The highest BCUT2D eigenvalue weighted by atomic mass is 16.6. The zero-order valence-electron chi connectivity index (χ0n) is 36.5. The number of unbranched alkanes of at least 4 members (excludes halogenated alkanes) is 33. The van der Waals surface area contributed by atoms with E-state index in [0.717, 1.165) is 64.2 Å². The maximum absolute atomic E-state index is 12.7. The average Bonchev–Trinajstić information content (AvgIpc) is 3.17. The highest BCUT2D eigenvalue weighted by Gasteiger charge is 2.19. The maximum Gasteiger partial charge on any atom is 0.306 e. The van der Waals surface area contributed by atoms with Crippen LogP contribution in [-0.4, -0.2) is 37.2 Å². The molecule has 6 nitrogen and oxygen atoms in total. The van der Waals surface area contributed by atoms with E-state index in [1.165, 1.54) is 167 Å². The quantitative estimate of drug-likeness (QED) is 0.0349. The van der Waals surface area contributed by atoms with Crippen LogP contribution in [0, 0.1) is 0 Å². The highest BCUT2D eigenvalue weighted by molar-refractivity contribution is 5.71. The zero-order chi connectivity index (χ0) is 39.4. The molecule has 0 aliphatic rings. The Kier molecular flexibility index (Phi) is 42.8. The summed E-state index contributed by atoms with van der Waals surface area (Å²) in [7, 11) is 0. The summed E-state index contributed by atoms with van der Waals surface area (Å²) >= 11 is 0. The van der Waals surface area contributed by atoms with Crippen molar-refractivity contribution in [1.82, 2.24) is 0 Å². The summed E-state index contributed by atoms with van der Waals surface area (Å²) in [5.41, 5.74) is 0. The molecule has 0 fully saturated rings. The molecule has 1 atom stereocenters. The van der Waals surface area contributed by atoms with Crippen molar-refractivity contribution in [1.29, 1.82) is 0 Å². The van der Waals surface area contributed by atoms with E-state index >= 15 is 0 Å². The smallest absolute Gasteiger partial charge is 0.306 e. The first kappa shape index (κ1) is 52.4. The molecule has 0 aliphatic heterocycles. The number of hydrogen-bond acceptors (Lipinski definition) is 6. The van der Waals surface area contributed by atoms with Crippen LogP contribution < -0.4 is 0 Å². The van der Waals surface area contributed by atoms with Crippen LogP contribution in [0.1, 0.15) is 271 Å². The predicted molar refractivity (Wildman–Crippen MR) is 229 cm³/mol. The Bertz CT molecular complexity index is 798. The minimum Gasteiger partial charge on any atom is -0.462 e. The first-order chi connectivity index (χ1) is 26.5. The molecule has 0 saturated carbocycles. The minimum absolute atomic E-state index is 0.0635. The van der Waals surface area contributed by atoms with E-state index in [-0.39, 0.29) is 31.1 Å². The Morgan fingerprint density at radius 1 is 0.296 bits per heavy atom. The SMILES string of the molecule is CCCCCCCCCCCCCCCCCCCCC(=O)OC[C@@H](COC(=O)CCCCCCC)OC(=O)CCCCCCCCCCCCCCC. The van der Waals surface area contributed by atoms with Gasteiger partial charge in [-0.15, -0.1) is 0 Å². The van der Waals surface area contributed by atoms with Gasteiger partial charge in [0.05, 0.1) is 0 Å². The van der Waals surface area contributed by atoms with E-state index < -0.39 is 6.10 Å². The van der Waals surface area contributed by atoms with Gasteiger partial charge in [-0.05, 0) is 19.3 Å². The van der Waals surface area contributed by atoms with Gasteiger partial charge in [0.1, 0.15) is 13.2 Å². The van der Waals surface area contributed by atoms with E-state index in [9.17, 15) is 14.4 Å². The number of esters is 3. The van der Waals surface area contributed by atoms with Crippen LogP contribution in [0.4, 0.5) is 0 Å². The van der Waals surface area contributed by atoms with Crippen LogP contribution in [-0.2, 0) is 28.6 Å². The van der Waals surface area contributed by atoms with E-state index in [0.29, 0.717) is 19.3 Å². The highest BCUT2D eigenvalue weighted by Crippen LogP contribution is 2.16. The lowest BCUT2D eigenvalue weighted by molar-refractivity contribution is -0.167. The lowest BCUT2D eigenvalue weighted by Crippen LogP contribution is -2.30. The summed E-state index contributed by atoms with van der Waals surface area (Å²) in [6.07, 6.45) is 45.5. The molecule has 0 N–H and O–H groups in total. The van der Waals surface area contributed by atoms with Gasteiger partial charge in [0.2, 0.25) is 0 Å².